The summed E-state index contributed by atoms with van der Waals surface area (Å²) in [5, 5.41) is 11.9. The summed E-state index contributed by atoms with van der Waals surface area (Å²) in [6.45, 7) is 7.54. The predicted octanol–water partition coefficient (Wildman–Crippen LogP) is 4.12. The lowest BCUT2D eigenvalue weighted by Gasteiger charge is -2.14. The van der Waals surface area contributed by atoms with Crippen molar-refractivity contribution in [2.24, 2.45) is 0 Å². The molecule has 7 nitrogen and oxygen atoms in total. The van der Waals surface area contributed by atoms with Crippen LogP contribution < -0.4 is 5.32 Å². The normalized spacial score (nSPS) is 11.5. The molecule has 0 atom stereocenters. The zero-order valence-electron chi connectivity index (χ0n) is 18.0. The van der Waals surface area contributed by atoms with E-state index in [0.717, 1.165) is 16.8 Å². The van der Waals surface area contributed by atoms with Gasteiger partial charge in [0.2, 0.25) is 0 Å². The van der Waals surface area contributed by atoms with E-state index in [4.69, 9.17) is 5.10 Å². The molecule has 1 N–H and O–H groups in total. The van der Waals surface area contributed by atoms with Gasteiger partial charge >= 0.3 is 0 Å². The highest BCUT2D eigenvalue weighted by Crippen LogP contribution is 2.25. The minimum atomic E-state index is -0.165. The molecule has 158 valence electrons. The lowest BCUT2D eigenvalue weighted by Crippen LogP contribution is -2.16. The molecule has 0 radical (unpaired) electrons. The minimum Gasteiger partial charge on any atom is -0.307 e. The Hall–Kier alpha value is -3.74. The van der Waals surface area contributed by atoms with Crippen LogP contribution >= 0.6 is 0 Å². The highest BCUT2D eigenvalue weighted by molar-refractivity contribution is 6.03. The number of rotatable bonds is 6. The van der Waals surface area contributed by atoms with Gasteiger partial charge in [0.15, 0.2) is 0 Å². The largest absolute Gasteiger partial charge is 0.307 e. The van der Waals surface area contributed by atoms with E-state index < -0.39 is 0 Å². The molecule has 2 aromatic heterocycles. The van der Waals surface area contributed by atoms with Gasteiger partial charge in [-0.05, 0) is 23.3 Å². The fourth-order valence-electron chi connectivity index (χ4n) is 3.21. The zero-order valence-corrected chi connectivity index (χ0v) is 18.0. The van der Waals surface area contributed by atoms with Crippen molar-refractivity contribution in [3.05, 3.63) is 95.7 Å². The summed E-state index contributed by atoms with van der Waals surface area (Å²) >= 11 is 0. The second-order valence-corrected chi connectivity index (χ2v) is 8.55. The van der Waals surface area contributed by atoms with Gasteiger partial charge in [0, 0.05) is 17.0 Å². The number of nitrogens with one attached hydrogen (secondary N) is 1. The molecular formula is C24H26N6O. The third kappa shape index (κ3) is 5.06. The molecule has 0 aliphatic rings. The van der Waals surface area contributed by atoms with Crippen molar-refractivity contribution >= 4 is 11.7 Å². The van der Waals surface area contributed by atoms with Crippen LogP contribution in [0.15, 0.2) is 73.3 Å². The Morgan fingerprint density at radius 2 is 1.68 bits per heavy atom. The third-order valence-electron chi connectivity index (χ3n) is 4.99. The van der Waals surface area contributed by atoms with Crippen molar-refractivity contribution in [1.29, 1.82) is 0 Å². The smallest absolute Gasteiger partial charge is 0.256 e. The summed E-state index contributed by atoms with van der Waals surface area (Å²) in [4.78, 5) is 16.9. The number of carbonyl (C=O) groups is 1. The second kappa shape index (κ2) is 8.55. The van der Waals surface area contributed by atoms with Crippen LogP contribution in [0.3, 0.4) is 0 Å². The van der Waals surface area contributed by atoms with Crippen molar-refractivity contribution in [1.82, 2.24) is 24.5 Å². The van der Waals surface area contributed by atoms with Crippen molar-refractivity contribution < 1.29 is 4.79 Å². The summed E-state index contributed by atoms with van der Waals surface area (Å²) in [5.41, 5.74) is 3.57. The van der Waals surface area contributed by atoms with E-state index in [9.17, 15) is 4.79 Å². The van der Waals surface area contributed by atoms with E-state index in [2.05, 4.69) is 48.3 Å². The molecule has 0 spiro atoms. The van der Waals surface area contributed by atoms with Crippen LogP contribution in [0.4, 0.5) is 5.82 Å². The fraction of sp³-hybridized carbons (Fsp3) is 0.250. The highest BCUT2D eigenvalue weighted by Gasteiger charge is 2.21. The average Bonchev–Trinajstić information content (AvgIpc) is 3.39. The fourth-order valence-corrected chi connectivity index (χ4v) is 3.21. The number of hydrogen-bond donors (Lipinski definition) is 1. The molecule has 0 fully saturated rings. The number of nitrogens with zero attached hydrogens (tertiary/aromatic N) is 5. The van der Waals surface area contributed by atoms with Crippen LogP contribution in [0.25, 0.3) is 0 Å². The van der Waals surface area contributed by atoms with Crippen LogP contribution in [-0.2, 0) is 18.5 Å². The Morgan fingerprint density at radius 3 is 2.32 bits per heavy atom. The van der Waals surface area contributed by atoms with Gasteiger partial charge in [0.25, 0.3) is 5.91 Å². The topological polar surface area (TPSA) is 77.6 Å². The molecule has 0 unspecified atom stereocenters. The van der Waals surface area contributed by atoms with Gasteiger partial charge in [0.05, 0.1) is 18.8 Å². The van der Waals surface area contributed by atoms with Gasteiger partial charge in [-0.25, -0.2) is 14.3 Å². The molecule has 1 amide bonds. The van der Waals surface area contributed by atoms with Crippen LogP contribution in [0.5, 0.6) is 0 Å². The number of aromatic nitrogens is 5. The summed E-state index contributed by atoms with van der Waals surface area (Å²) in [5.74, 6) is 0.521. The van der Waals surface area contributed by atoms with Gasteiger partial charge in [0.1, 0.15) is 18.5 Å². The molecule has 0 saturated carbocycles. The van der Waals surface area contributed by atoms with Crippen molar-refractivity contribution in [3.63, 3.8) is 0 Å². The standard InChI is InChI=1S/C24H26N6O/c1-24(2,3)21-13-22(30(28-21)15-18-7-5-4-6-8-18)27-23(31)20-11-9-19(10-12-20)14-29-17-25-16-26-29/h4-13,16-17H,14-15H2,1-3H3,(H,27,31). The van der Waals surface area contributed by atoms with E-state index in [1.807, 2.05) is 53.2 Å². The van der Waals surface area contributed by atoms with E-state index in [0.29, 0.717) is 24.5 Å². The first-order valence-electron chi connectivity index (χ1n) is 10.2. The highest BCUT2D eigenvalue weighted by atomic mass is 16.1. The van der Waals surface area contributed by atoms with Crippen molar-refractivity contribution in [2.45, 2.75) is 39.3 Å². The number of carbonyl (C=O) groups excluding carboxylic acids is 1. The lowest BCUT2D eigenvalue weighted by molar-refractivity contribution is 0.102. The number of benzene rings is 2. The molecule has 0 aliphatic heterocycles. The second-order valence-electron chi connectivity index (χ2n) is 8.55. The minimum absolute atomic E-state index is 0.121. The van der Waals surface area contributed by atoms with Gasteiger partial charge in [-0.2, -0.15) is 10.2 Å². The van der Waals surface area contributed by atoms with Gasteiger partial charge in [-0.3, -0.25) is 4.79 Å². The monoisotopic (exact) mass is 414 g/mol. The quantitative estimate of drug-likeness (QED) is 0.515. The molecule has 7 heteroatoms. The molecular weight excluding hydrogens is 388 g/mol. The van der Waals surface area contributed by atoms with E-state index >= 15 is 0 Å². The Morgan fingerprint density at radius 1 is 0.968 bits per heavy atom. The molecule has 0 aliphatic carbocycles. The molecule has 0 bridgehead atoms. The third-order valence-corrected chi connectivity index (χ3v) is 4.99. The Labute approximate surface area is 181 Å². The Balaban J connectivity index is 1.53. The first kappa shape index (κ1) is 20.5. The maximum absolute atomic E-state index is 12.9. The molecule has 2 heterocycles. The predicted molar refractivity (Wildman–Crippen MR) is 120 cm³/mol. The van der Waals surface area contributed by atoms with E-state index in [1.54, 1.807) is 11.0 Å². The maximum Gasteiger partial charge on any atom is 0.256 e. The van der Waals surface area contributed by atoms with Crippen LogP contribution in [0.2, 0.25) is 0 Å². The first-order valence-corrected chi connectivity index (χ1v) is 10.2. The van der Waals surface area contributed by atoms with Crippen molar-refractivity contribution in [3.8, 4) is 0 Å². The molecule has 31 heavy (non-hydrogen) atoms. The average molecular weight is 415 g/mol. The molecule has 4 rings (SSSR count). The summed E-state index contributed by atoms with van der Waals surface area (Å²) in [6.07, 6.45) is 3.17. The summed E-state index contributed by atoms with van der Waals surface area (Å²) in [7, 11) is 0. The van der Waals surface area contributed by atoms with E-state index in [1.165, 1.54) is 6.33 Å². The Bertz CT molecular complexity index is 1140. The SMILES string of the molecule is CC(C)(C)c1cc(NC(=O)c2ccc(Cn3cncn3)cc2)n(Cc2ccccc2)n1. The first-order chi connectivity index (χ1) is 14.9. The molecule has 2 aromatic carbocycles. The van der Waals surface area contributed by atoms with Gasteiger partial charge in [-0.1, -0.05) is 63.2 Å². The number of anilines is 1. The van der Waals surface area contributed by atoms with Gasteiger partial charge in [-0.15, -0.1) is 0 Å². The lowest BCUT2D eigenvalue weighted by atomic mass is 9.92. The summed E-state index contributed by atoms with van der Waals surface area (Å²) in [6, 6.07) is 19.6. The van der Waals surface area contributed by atoms with E-state index in [-0.39, 0.29) is 11.3 Å². The summed E-state index contributed by atoms with van der Waals surface area (Å²) < 4.78 is 3.60. The number of hydrogen-bond acceptors (Lipinski definition) is 4. The molecule has 4 aromatic rings. The maximum atomic E-state index is 12.9. The van der Waals surface area contributed by atoms with Gasteiger partial charge < -0.3 is 5.32 Å². The number of amides is 1. The molecule has 0 saturated heterocycles. The van der Waals surface area contributed by atoms with Crippen LogP contribution in [0.1, 0.15) is 48.0 Å². The Kier molecular flexibility index (Phi) is 5.66. The van der Waals surface area contributed by atoms with Crippen molar-refractivity contribution in [2.75, 3.05) is 5.32 Å². The van der Waals surface area contributed by atoms with Crippen LogP contribution in [-0.4, -0.2) is 30.5 Å². The zero-order chi connectivity index (χ0) is 21.8. The van der Waals surface area contributed by atoms with Crippen LogP contribution in [0, 0.1) is 0 Å².